The highest BCUT2D eigenvalue weighted by Crippen LogP contribution is 2.43. The van der Waals surface area contributed by atoms with Crippen molar-refractivity contribution in [1.82, 2.24) is 14.8 Å². The van der Waals surface area contributed by atoms with Crippen LogP contribution in [0.15, 0.2) is 29.7 Å². The number of hydrogen-bond donors (Lipinski definition) is 0. The van der Waals surface area contributed by atoms with E-state index in [9.17, 15) is 9.18 Å². The Kier molecular flexibility index (Phi) is 4.35. The number of thioether (sulfide) groups is 1. The van der Waals surface area contributed by atoms with Gasteiger partial charge in [0.2, 0.25) is 0 Å². The van der Waals surface area contributed by atoms with Gasteiger partial charge in [0, 0.05) is 16.6 Å². The fraction of sp³-hybridized carbons (Fsp3) is 0.357. The number of benzene rings is 1. The molecule has 1 heterocycles. The van der Waals surface area contributed by atoms with Gasteiger partial charge in [0.05, 0.1) is 7.11 Å². The monoisotopic (exact) mass is 341 g/mol. The van der Waals surface area contributed by atoms with Gasteiger partial charge in [-0.05, 0) is 25.0 Å². The number of nitrogens with zero attached hydrogens (tertiary/aromatic N) is 3. The summed E-state index contributed by atoms with van der Waals surface area (Å²) in [7, 11) is 1.26. The largest absolute Gasteiger partial charge is 0.468 e. The molecule has 0 amide bonds. The topological polar surface area (TPSA) is 57.0 Å². The standard InChI is InChI=1S/C14H13ClFN3O2S/c1-21-13(20)12(11-9(15)3-2-4-10(11)16)22-14-18-17-7-19(14)8-5-6-8/h2-4,7-8,12H,5-6H2,1H3/t12-/m0/s1. The van der Waals surface area contributed by atoms with Crippen molar-refractivity contribution in [3.63, 3.8) is 0 Å². The Morgan fingerprint density at radius 3 is 2.95 bits per heavy atom. The van der Waals surface area contributed by atoms with Crippen LogP contribution in [0.3, 0.4) is 0 Å². The molecular formula is C14H13ClFN3O2S. The van der Waals surface area contributed by atoms with Crippen molar-refractivity contribution in [3.8, 4) is 0 Å². The Morgan fingerprint density at radius 2 is 2.32 bits per heavy atom. The summed E-state index contributed by atoms with van der Waals surface area (Å²) in [4.78, 5) is 12.1. The van der Waals surface area contributed by atoms with Crippen LogP contribution < -0.4 is 0 Å². The average Bonchev–Trinajstić information content (AvgIpc) is 3.24. The molecule has 0 bridgehead atoms. The van der Waals surface area contributed by atoms with Gasteiger partial charge >= 0.3 is 5.97 Å². The van der Waals surface area contributed by atoms with E-state index in [2.05, 4.69) is 10.2 Å². The predicted octanol–water partition coefficient (Wildman–Crippen LogP) is 3.41. The quantitative estimate of drug-likeness (QED) is 0.616. The van der Waals surface area contributed by atoms with Gasteiger partial charge in [0.1, 0.15) is 17.4 Å². The van der Waals surface area contributed by atoms with Gasteiger partial charge in [0.15, 0.2) is 5.16 Å². The lowest BCUT2D eigenvalue weighted by atomic mass is 10.1. The summed E-state index contributed by atoms with van der Waals surface area (Å²) < 4.78 is 20.8. The molecule has 8 heteroatoms. The maximum absolute atomic E-state index is 14.1. The highest BCUT2D eigenvalue weighted by molar-refractivity contribution is 8.00. The lowest BCUT2D eigenvalue weighted by Gasteiger charge is -2.16. The van der Waals surface area contributed by atoms with Crippen LogP contribution in [0, 0.1) is 5.82 Å². The van der Waals surface area contributed by atoms with Gasteiger partial charge in [0.25, 0.3) is 0 Å². The van der Waals surface area contributed by atoms with Gasteiger partial charge in [-0.1, -0.05) is 29.4 Å². The summed E-state index contributed by atoms with van der Waals surface area (Å²) in [6.07, 6.45) is 3.72. The summed E-state index contributed by atoms with van der Waals surface area (Å²) in [6.45, 7) is 0. The van der Waals surface area contributed by atoms with Gasteiger partial charge in [-0.15, -0.1) is 10.2 Å². The fourth-order valence-corrected chi connectivity index (χ4v) is 3.63. The first-order valence-electron chi connectivity index (χ1n) is 6.69. The average molecular weight is 342 g/mol. The number of esters is 1. The lowest BCUT2D eigenvalue weighted by molar-refractivity contribution is -0.140. The van der Waals surface area contributed by atoms with E-state index < -0.39 is 17.0 Å². The van der Waals surface area contributed by atoms with E-state index >= 15 is 0 Å². The Morgan fingerprint density at radius 1 is 1.55 bits per heavy atom. The first-order chi connectivity index (χ1) is 10.6. The molecule has 1 aromatic carbocycles. The third-order valence-electron chi connectivity index (χ3n) is 3.38. The summed E-state index contributed by atoms with van der Waals surface area (Å²) in [5.74, 6) is -1.13. The fourth-order valence-electron chi connectivity index (χ4n) is 2.12. The molecule has 1 aromatic heterocycles. The van der Waals surface area contributed by atoms with E-state index in [1.54, 1.807) is 12.4 Å². The Bertz CT molecular complexity index is 685. The second-order valence-corrected chi connectivity index (χ2v) is 6.39. The smallest absolute Gasteiger partial charge is 0.323 e. The summed E-state index contributed by atoms with van der Waals surface area (Å²) >= 11 is 7.17. The highest BCUT2D eigenvalue weighted by Gasteiger charge is 2.32. The molecule has 22 heavy (non-hydrogen) atoms. The van der Waals surface area contributed by atoms with Crippen molar-refractivity contribution in [1.29, 1.82) is 0 Å². The van der Waals surface area contributed by atoms with Crippen molar-refractivity contribution >= 4 is 29.3 Å². The molecule has 116 valence electrons. The maximum Gasteiger partial charge on any atom is 0.323 e. The number of carbonyl (C=O) groups is 1. The van der Waals surface area contributed by atoms with E-state index in [1.807, 2.05) is 4.57 Å². The molecule has 0 spiro atoms. The minimum absolute atomic E-state index is 0.103. The first kappa shape index (κ1) is 15.3. The number of halogens is 2. The molecule has 3 rings (SSSR count). The Balaban J connectivity index is 1.96. The molecule has 1 aliphatic carbocycles. The van der Waals surface area contributed by atoms with Crippen LogP contribution >= 0.6 is 23.4 Å². The molecule has 0 N–H and O–H groups in total. The minimum atomic E-state index is -0.930. The summed E-state index contributed by atoms with van der Waals surface area (Å²) in [5.41, 5.74) is 0.103. The van der Waals surface area contributed by atoms with Crippen molar-refractivity contribution in [2.75, 3.05) is 7.11 Å². The number of methoxy groups -OCH3 is 1. The highest BCUT2D eigenvalue weighted by atomic mass is 35.5. The molecule has 5 nitrogen and oxygen atoms in total. The lowest BCUT2D eigenvalue weighted by Crippen LogP contribution is -2.14. The molecule has 0 radical (unpaired) electrons. The predicted molar refractivity (Wildman–Crippen MR) is 80.3 cm³/mol. The molecule has 1 aliphatic rings. The third-order valence-corrected chi connectivity index (χ3v) is 4.88. The van der Waals surface area contributed by atoms with Crippen molar-refractivity contribution in [2.24, 2.45) is 0 Å². The number of hydrogen-bond acceptors (Lipinski definition) is 5. The van der Waals surface area contributed by atoms with Crippen LogP contribution in [0.5, 0.6) is 0 Å². The van der Waals surface area contributed by atoms with Gasteiger partial charge in [-0.25, -0.2) is 4.39 Å². The van der Waals surface area contributed by atoms with Crippen LogP contribution in [0.1, 0.15) is 29.7 Å². The molecule has 1 atom stereocenters. The van der Waals surface area contributed by atoms with Crippen LogP contribution in [-0.4, -0.2) is 27.8 Å². The SMILES string of the molecule is COC(=O)[C@@H](Sc1nncn1C1CC1)c1c(F)cccc1Cl. The number of carbonyl (C=O) groups excluding carboxylic acids is 1. The van der Waals surface area contributed by atoms with E-state index in [1.165, 1.54) is 19.2 Å². The summed E-state index contributed by atoms with van der Waals surface area (Å²) in [5, 5.41) is 7.70. The molecule has 1 fully saturated rings. The van der Waals surface area contributed by atoms with E-state index in [-0.39, 0.29) is 10.6 Å². The molecule has 0 aliphatic heterocycles. The van der Waals surface area contributed by atoms with Gasteiger partial charge in [-0.2, -0.15) is 0 Å². The van der Waals surface area contributed by atoms with Crippen LogP contribution in [0.25, 0.3) is 0 Å². The molecule has 2 aromatic rings. The second-order valence-electron chi connectivity index (χ2n) is 4.91. The van der Waals surface area contributed by atoms with Crippen molar-refractivity contribution < 1.29 is 13.9 Å². The number of rotatable bonds is 5. The Hall–Kier alpha value is -1.60. The first-order valence-corrected chi connectivity index (χ1v) is 7.95. The number of ether oxygens (including phenoxy) is 1. The molecule has 1 saturated carbocycles. The van der Waals surface area contributed by atoms with Crippen LogP contribution in [-0.2, 0) is 9.53 Å². The second kappa shape index (κ2) is 6.26. The molecule has 0 unspecified atom stereocenters. The molecular weight excluding hydrogens is 329 g/mol. The van der Waals surface area contributed by atoms with Gasteiger partial charge in [-0.3, -0.25) is 4.79 Å². The zero-order chi connectivity index (χ0) is 15.7. The van der Waals surface area contributed by atoms with Crippen molar-refractivity contribution in [2.45, 2.75) is 29.3 Å². The van der Waals surface area contributed by atoms with Crippen LogP contribution in [0.4, 0.5) is 4.39 Å². The minimum Gasteiger partial charge on any atom is -0.468 e. The van der Waals surface area contributed by atoms with E-state index in [4.69, 9.17) is 16.3 Å². The zero-order valence-electron chi connectivity index (χ0n) is 11.7. The van der Waals surface area contributed by atoms with Crippen LogP contribution in [0.2, 0.25) is 5.02 Å². The maximum atomic E-state index is 14.1. The van der Waals surface area contributed by atoms with E-state index in [0.29, 0.717) is 11.2 Å². The number of aromatic nitrogens is 3. The van der Waals surface area contributed by atoms with E-state index in [0.717, 1.165) is 24.6 Å². The zero-order valence-corrected chi connectivity index (χ0v) is 13.3. The van der Waals surface area contributed by atoms with Gasteiger partial charge < -0.3 is 9.30 Å². The van der Waals surface area contributed by atoms with Crippen molar-refractivity contribution in [3.05, 3.63) is 40.9 Å². The molecule has 0 saturated heterocycles. The Labute approximate surface area is 135 Å². The summed E-state index contributed by atoms with van der Waals surface area (Å²) in [6, 6.07) is 4.66. The normalized spacial score (nSPS) is 15.6. The third kappa shape index (κ3) is 2.96.